The van der Waals surface area contributed by atoms with Gasteiger partial charge in [-0.3, -0.25) is 4.90 Å². The lowest BCUT2D eigenvalue weighted by molar-refractivity contribution is 0.0249. The lowest BCUT2D eigenvalue weighted by Crippen LogP contribution is -2.49. The Bertz CT molecular complexity index is 367. The lowest BCUT2D eigenvalue weighted by atomic mass is 9.97. The first-order chi connectivity index (χ1) is 10.9. The standard InChI is InChI=1S/C17H33N3O2S/c1-17(2,3)23-12-6-18-16(21)20-7-4-5-15(14-20)13-19-8-10-22-11-9-19/h15H,4-14H2,1-3H3,(H,18,21)/t15-/m0/s1. The summed E-state index contributed by atoms with van der Waals surface area (Å²) in [6, 6.07) is 0.117. The Hall–Kier alpha value is -0.460. The van der Waals surface area contributed by atoms with Crippen LogP contribution in [0.3, 0.4) is 0 Å². The van der Waals surface area contributed by atoms with Crippen molar-refractivity contribution in [2.24, 2.45) is 5.92 Å². The summed E-state index contributed by atoms with van der Waals surface area (Å²) >= 11 is 1.89. The number of nitrogens with zero attached hydrogens (tertiary/aromatic N) is 2. The van der Waals surface area contributed by atoms with Crippen molar-refractivity contribution in [1.82, 2.24) is 15.1 Å². The molecule has 23 heavy (non-hydrogen) atoms. The van der Waals surface area contributed by atoms with Gasteiger partial charge in [0.05, 0.1) is 13.2 Å². The number of hydrogen-bond donors (Lipinski definition) is 1. The summed E-state index contributed by atoms with van der Waals surface area (Å²) < 4.78 is 5.67. The van der Waals surface area contributed by atoms with Crippen LogP contribution in [0.2, 0.25) is 0 Å². The molecule has 0 aromatic heterocycles. The molecule has 0 aromatic rings. The van der Waals surface area contributed by atoms with Crippen LogP contribution < -0.4 is 5.32 Å². The van der Waals surface area contributed by atoms with Crippen LogP contribution in [0.25, 0.3) is 0 Å². The fourth-order valence-electron chi connectivity index (χ4n) is 3.17. The van der Waals surface area contributed by atoms with E-state index in [0.717, 1.165) is 64.7 Å². The summed E-state index contributed by atoms with van der Waals surface area (Å²) in [4.78, 5) is 16.8. The van der Waals surface area contributed by atoms with E-state index in [-0.39, 0.29) is 10.8 Å². The third kappa shape index (κ3) is 7.31. The maximum absolute atomic E-state index is 12.3. The van der Waals surface area contributed by atoms with Crippen molar-refractivity contribution in [3.63, 3.8) is 0 Å². The van der Waals surface area contributed by atoms with Crippen LogP contribution in [0.4, 0.5) is 4.79 Å². The van der Waals surface area contributed by atoms with Gasteiger partial charge in [0.1, 0.15) is 0 Å². The number of ether oxygens (including phenoxy) is 1. The molecular formula is C17H33N3O2S. The number of carbonyl (C=O) groups is 1. The Kier molecular flexibility index (Phi) is 7.50. The number of likely N-dealkylation sites (tertiary alicyclic amines) is 1. The van der Waals surface area contributed by atoms with Crippen LogP contribution in [-0.4, -0.2) is 78.8 Å². The molecule has 2 aliphatic rings. The quantitative estimate of drug-likeness (QED) is 0.778. The van der Waals surface area contributed by atoms with E-state index in [0.29, 0.717) is 5.92 Å². The van der Waals surface area contributed by atoms with Gasteiger partial charge in [-0.2, -0.15) is 11.8 Å². The second kappa shape index (κ2) is 9.14. The number of hydrogen-bond acceptors (Lipinski definition) is 4. The van der Waals surface area contributed by atoms with Crippen molar-refractivity contribution in [3.8, 4) is 0 Å². The van der Waals surface area contributed by atoms with Gasteiger partial charge in [-0.15, -0.1) is 0 Å². The predicted octanol–water partition coefficient (Wildman–Crippen LogP) is 2.27. The van der Waals surface area contributed by atoms with Gasteiger partial charge in [0.2, 0.25) is 0 Å². The topological polar surface area (TPSA) is 44.8 Å². The minimum absolute atomic E-state index is 0.117. The van der Waals surface area contributed by atoms with Crippen LogP contribution in [0, 0.1) is 5.92 Å². The number of amides is 2. The normalized spacial score (nSPS) is 23.8. The van der Waals surface area contributed by atoms with E-state index in [2.05, 4.69) is 31.0 Å². The Balaban J connectivity index is 1.66. The maximum atomic E-state index is 12.3. The van der Waals surface area contributed by atoms with E-state index >= 15 is 0 Å². The van der Waals surface area contributed by atoms with E-state index in [1.54, 1.807) is 0 Å². The highest BCUT2D eigenvalue weighted by molar-refractivity contribution is 8.00. The highest BCUT2D eigenvalue weighted by Crippen LogP contribution is 2.22. The van der Waals surface area contributed by atoms with Crippen LogP contribution in [0.5, 0.6) is 0 Å². The minimum Gasteiger partial charge on any atom is -0.379 e. The molecule has 0 radical (unpaired) electrons. The molecule has 1 atom stereocenters. The van der Waals surface area contributed by atoms with Crippen LogP contribution >= 0.6 is 11.8 Å². The summed E-state index contributed by atoms with van der Waals surface area (Å²) in [5, 5.41) is 3.08. The molecule has 2 fully saturated rings. The molecule has 2 rings (SSSR count). The number of piperidine rings is 1. The lowest BCUT2D eigenvalue weighted by Gasteiger charge is -2.36. The first-order valence-electron chi connectivity index (χ1n) is 8.91. The monoisotopic (exact) mass is 343 g/mol. The Morgan fingerprint density at radius 1 is 1.26 bits per heavy atom. The Morgan fingerprint density at radius 3 is 2.70 bits per heavy atom. The van der Waals surface area contributed by atoms with E-state index in [9.17, 15) is 4.79 Å². The van der Waals surface area contributed by atoms with Crippen molar-refractivity contribution < 1.29 is 9.53 Å². The molecule has 0 saturated carbocycles. The second-order valence-corrected chi connectivity index (χ2v) is 9.48. The molecule has 0 spiro atoms. The fourth-order valence-corrected chi connectivity index (χ4v) is 3.99. The Morgan fingerprint density at radius 2 is 2.00 bits per heavy atom. The van der Waals surface area contributed by atoms with Crippen molar-refractivity contribution >= 4 is 17.8 Å². The van der Waals surface area contributed by atoms with Crippen molar-refractivity contribution in [2.75, 3.05) is 58.2 Å². The summed E-state index contributed by atoms with van der Waals surface area (Å²) in [6.45, 7) is 14.1. The number of rotatable bonds is 5. The SMILES string of the molecule is CC(C)(C)SCCNC(=O)N1CCC[C@@H](CN2CCOCC2)C1. The van der Waals surface area contributed by atoms with Gasteiger partial charge in [0.15, 0.2) is 0 Å². The molecule has 2 saturated heterocycles. The van der Waals surface area contributed by atoms with Gasteiger partial charge in [-0.05, 0) is 18.8 Å². The fraction of sp³-hybridized carbons (Fsp3) is 0.941. The van der Waals surface area contributed by atoms with E-state index < -0.39 is 0 Å². The molecule has 6 heteroatoms. The zero-order valence-corrected chi connectivity index (χ0v) is 15.8. The number of thioether (sulfide) groups is 1. The van der Waals surface area contributed by atoms with Gasteiger partial charge in [-0.25, -0.2) is 4.79 Å². The average Bonchev–Trinajstić information content (AvgIpc) is 2.52. The number of morpholine rings is 1. The minimum atomic E-state index is 0.117. The van der Waals surface area contributed by atoms with Gasteiger partial charge in [-0.1, -0.05) is 20.8 Å². The summed E-state index contributed by atoms with van der Waals surface area (Å²) in [7, 11) is 0. The molecule has 0 unspecified atom stereocenters. The molecule has 0 aromatic carbocycles. The molecule has 1 N–H and O–H groups in total. The van der Waals surface area contributed by atoms with Crippen LogP contribution in [0.1, 0.15) is 33.6 Å². The van der Waals surface area contributed by atoms with Crippen molar-refractivity contribution in [1.29, 1.82) is 0 Å². The third-order valence-electron chi connectivity index (χ3n) is 4.34. The molecule has 0 aliphatic carbocycles. The zero-order chi connectivity index (χ0) is 16.7. The Labute approximate surface area is 145 Å². The molecule has 0 bridgehead atoms. The predicted molar refractivity (Wildman–Crippen MR) is 97.2 cm³/mol. The second-order valence-electron chi connectivity index (χ2n) is 7.56. The first kappa shape index (κ1) is 18.9. The molecular weight excluding hydrogens is 310 g/mol. The number of carbonyl (C=O) groups excluding carboxylic acids is 1. The average molecular weight is 344 g/mol. The van der Waals surface area contributed by atoms with E-state index in [1.807, 2.05) is 16.7 Å². The van der Waals surface area contributed by atoms with E-state index in [1.165, 1.54) is 6.42 Å². The summed E-state index contributed by atoms with van der Waals surface area (Å²) in [6.07, 6.45) is 2.36. The van der Waals surface area contributed by atoms with Gasteiger partial charge in [0, 0.05) is 49.8 Å². The van der Waals surface area contributed by atoms with Crippen molar-refractivity contribution in [3.05, 3.63) is 0 Å². The molecule has 2 aliphatic heterocycles. The number of urea groups is 1. The molecule has 2 amide bonds. The maximum Gasteiger partial charge on any atom is 0.317 e. The smallest absolute Gasteiger partial charge is 0.317 e. The largest absolute Gasteiger partial charge is 0.379 e. The molecule has 134 valence electrons. The first-order valence-corrected chi connectivity index (χ1v) is 9.89. The summed E-state index contributed by atoms with van der Waals surface area (Å²) in [5.41, 5.74) is 0. The number of nitrogens with one attached hydrogen (secondary N) is 1. The zero-order valence-electron chi connectivity index (χ0n) is 15.0. The van der Waals surface area contributed by atoms with E-state index in [4.69, 9.17) is 4.74 Å². The molecule has 5 nitrogen and oxygen atoms in total. The third-order valence-corrected chi connectivity index (χ3v) is 5.61. The van der Waals surface area contributed by atoms with Crippen LogP contribution in [0.15, 0.2) is 0 Å². The van der Waals surface area contributed by atoms with Gasteiger partial charge in [0.25, 0.3) is 0 Å². The van der Waals surface area contributed by atoms with Gasteiger partial charge >= 0.3 is 6.03 Å². The van der Waals surface area contributed by atoms with Crippen LogP contribution in [-0.2, 0) is 4.74 Å². The summed E-state index contributed by atoms with van der Waals surface area (Å²) in [5.74, 6) is 1.58. The molecule has 2 heterocycles. The van der Waals surface area contributed by atoms with Crippen molar-refractivity contribution in [2.45, 2.75) is 38.4 Å². The highest BCUT2D eigenvalue weighted by Gasteiger charge is 2.25. The van der Waals surface area contributed by atoms with Gasteiger partial charge < -0.3 is 15.0 Å². The highest BCUT2D eigenvalue weighted by atomic mass is 32.2.